The highest BCUT2D eigenvalue weighted by molar-refractivity contribution is 6.25. The van der Waals surface area contributed by atoms with Crippen LogP contribution in [0.3, 0.4) is 0 Å². The summed E-state index contributed by atoms with van der Waals surface area (Å²) >= 11 is 0. The van der Waals surface area contributed by atoms with Crippen molar-refractivity contribution < 1.29 is 0 Å². The Morgan fingerprint density at radius 3 is 0.812 bits per heavy atom. The molecular formula is C140H92N4. The molecule has 0 aliphatic carbocycles. The van der Waals surface area contributed by atoms with Crippen molar-refractivity contribution in [2.75, 3.05) is 9.80 Å². The number of fused-ring (bicyclic) bond motifs is 14. The van der Waals surface area contributed by atoms with E-state index in [0.717, 1.165) is 45.5 Å². The number of para-hydroxylation sites is 4. The molecule has 4 heteroatoms. The minimum atomic E-state index is 1.08. The molecule has 144 heavy (non-hydrogen) atoms. The van der Waals surface area contributed by atoms with Gasteiger partial charge in [0, 0.05) is 67.0 Å². The molecule has 0 atom stereocenters. The van der Waals surface area contributed by atoms with Crippen LogP contribution >= 0.6 is 0 Å². The third-order valence-electron chi connectivity index (χ3n) is 29.5. The Bertz CT molecular complexity index is 9760. The van der Waals surface area contributed by atoms with Gasteiger partial charge in [-0.1, -0.05) is 419 Å². The molecule has 28 rings (SSSR count). The van der Waals surface area contributed by atoms with Crippen LogP contribution in [0.1, 0.15) is 0 Å². The van der Waals surface area contributed by atoms with E-state index in [1.165, 1.54) is 219 Å². The molecule has 0 aliphatic heterocycles. The van der Waals surface area contributed by atoms with Crippen molar-refractivity contribution in [2.45, 2.75) is 0 Å². The maximum Gasteiger partial charge on any atom is 0.0542 e. The molecule has 26 aromatic carbocycles. The van der Waals surface area contributed by atoms with Crippen molar-refractivity contribution in [3.63, 3.8) is 0 Å². The maximum atomic E-state index is 2.41. The van der Waals surface area contributed by atoms with E-state index in [4.69, 9.17) is 0 Å². The largest absolute Gasteiger partial charge is 0.310 e. The Kier molecular flexibility index (Phi) is 20.9. The van der Waals surface area contributed by atoms with Crippen molar-refractivity contribution in [3.8, 4) is 100 Å². The monoisotopic (exact) mass is 1830 g/mol. The number of hydrogen-bond acceptors (Lipinski definition) is 2. The molecule has 0 fully saturated rings. The molecular weight excluding hydrogens is 1740 g/mol. The number of benzene rings is 26. The molecule has 0 N–H and O–H groups in total. The Balaban J connectivity index is 0.000000143. The molecule has 2 heterocycles. The van der Waals surface area contributed by atoms with Gasteiger partial charge in [0.05, 0.1) is 22.1 Å². The van der Waals surface area contributed by atoms with E-state index in [2.05, 4.69) is 577 Å². The maximum absolute atomic E-state index is 2.41. The van der Waals surface area contributed by atoms with Crippen LogP contribution in [-0.4, -0.2) is 9.13 Å². The third-order valence-corrected chi connectivity index (χ3v) is 29.5. The molecule has 0 unspecified atom stereocenters. The van der Waals surface area contributed by atoms with Crippen LogP contribution in [0.15, 0.2) is 558 Å². The van der Waals surface area contributed by atoms with E-state index in [9.17, 15) is 0 Å². The van der Waals surface area contributed by atoms with Crippen LogP contribution < -0.4 is 9.80 Å². The first kappa shape index (κ1) is 84.3. The van der Waals surface area contributed by atoms with Crippen molar-refractivity contribution in [3.05, 3.63) is 558 Å². The van der Waals surface area contributed by atoms with Gasteiger partial charge in [-0.2, -0.15) is 0 Å². The predicted molar refractivity (Wildman–Crippen MR) is 614 cm³/mol. The van der Waals surface area contributed by atoms with Crippen LogP contribution in [0.2, 0.25) is 0 Å². The van der Waals surface area contributed by atoms with Gasteiger partial charge in [-0.15, -0.1) is 0 Å². The summed E-state index contributed by atoms with van der Waals surface area (Å²) in [4.78, 5) is 4.82. The average molecular weight is 1830 g/mol. The van der Waals surface area contributed by atoms with Gasteiger partial charge in [-0.25, -0.2) is 0 Å². The quantitative estimate of drug-likeness (QED) is 0.0897. The topological polar surface area (TPSA) is 16.3 Å². The van der Waals surface area contributed by atoms with Crippen LogP contribution in [0.25, 0.3) is 230 Å². The summed E-state index contributed by atoms with van der Waals surface area (Å²) in [5, 5.41) is 24.7. The van der Waals surface area contributed by atoms with Gasteiger partial charge in [0.2, 0.25) is 0 Å². The van der Waals surface area contributed by atoms with E-state index in [0.29, 0.717) is 0 Å². The number of hydrogen-bond donors (Lipinski definition) is 0. The molecule has 28 aromatic rings. The zero-order chi connectivity index (χ0) is 95.1. The molecule has 0 saturated carbocycles. The smallest absolute Gasteiger partial charge is 0.0542 e. The highest BCUT2D eigenvalue weighted by atomic mass is 15.2. The summed E-state index contributed by atoms with van der Waals surface area (Å²) in [5.41, 5.74) is 33.0. The van der Waals surface area contributed by atoms with Gasteiger partial charge in [0.15, 0.2) is 0 Å². The SMILES string of the molecule is c1ccc(-n2c3ccccc3c3cc(N(c4ccc(-c5cccc6ccccc56)cc4)c4ccc(-c5c6ccccc6c(-c6cccc(-c7ccc8ccccc8c7)c6)c6ccccc56)cc4)ccc32)cc1.c1ccc(-n2c3ccccc3c3cc(N(c4ccc(-c5cccc6ccccc56)cc4)c4ccc(-c5c6ccccc6c(-c6ccccc6-c6ccc7ccccc7c6)c6ccccc56)cc4)ccc32)cc1. The minimum Gasteiger partial charge on any atom is -0.310 e. The van der Waals surface area contributed by atoms with Gasteiger partial charge in [0.25, 0.3) is 0 Å². The molecule has 0 aliphatic rings. The van der Waals surface area contributed by atoms with Crippen molar-refractivity contribution in [2.24, 2.45) is 0 Å². The lowest BCUT2D eigenvalue weighted by Gasteiger charge is -2.26. The Morgan fingerprint density at radius 2 is 0.389 bits per heavy atom. The van der Waals surface area contributed by atoms with E-state index in [1.807, 2.05) is 0 Å². The fourth-order valence-electron chi connectivity index (χ4n) is 22.9. The van der Waals surface area contributed by atoms with Gasteiger partial charge in [-0.3, -0.25) is 0 Å². The van der Waals surface area contributed by atoms with Crippen LogP contribution in [0.5, 0.6) is 0 Å². The number of aromatic nitrogens is 2. The Hall–Kier alpha value is -19.0. The first-order valence-electron chi connectivity index (χ1n) is 49.7. The molecule has 0 bridgehead atoms. The lowest BCUT2D eigenvalue weighted by atomic mass is 9.83. The molecule has 0 radical (unpaired) electrons. The van der Waals surface area contributed by atoms with Crippen LogP contribution in [0, 0.1) is 0 Å². The van der Waals surface area contributed by atoms with E-state index < -0.39 is 0 Å². The summed E-state index contributed by atoms with van der Waals surface area (Å²) in [7, 11) is 0. The molecule has 2 aromatic heterocycles. The Morgan fingerprint density at radius 1 is 0.118 bits per heavy atom. The summed E-state index contributed by atoms with van der Waals surface area (Å²) in [5.74, 6) is 0. The van der Waals surface area contributed by atoms with Crippen molar-refractivity contribution >= 4 is 164 Å². The second-order valence-electron chi connectivity index (χ2n) is 37.6. The second kappa shape index (κ2) is 35.8. The van der Waals surface area contributed by atoms with Crippen LogP contribution in [-0.2, 0) is 0 Å². The fraction of sp³-hybridized carbons (Fsp3) is 0. The highest BCUT2D eigenvalue weighted by Crippen LogP contribution is 2.52. The Labute approximate surface area is 835 Å². The number of anilines is 6. The summed E-state index contributed by atoms with van der Waals surface area (Å²) in [6, 6.07) is 205. The summed E-state index contributed by atoms with van der Waals surface area (Å²) in [6.07, 6.45) is 0. The van der Waals surface area contributed by atoms with Gasteiger partial charge >= 0.3 is 0 Å². The second-order valence-corrected chi connectivity index (χ2v) is 37.6. The van der Waals surface area contributed by atoms with Crippen molar-refractivity contribution in [1.82, 2.24) is 9.13 Å². The number of rotatable bonds is 16. The van der Waals surface area contributed by atoms with E-state index >= 15 is 0 Å². The zero-order valence-corrected chi connectivity index (χ0v) is 78.9. The summed E-state index contributed by atoms with van der Waals surface area (Å²) in [6.45, 7) is 0. The summed E-state index contributed by atoms with van der Waals surface area (Å²) < 4.78 is 4.77. The highest BCUT2D eigenvalue weighted by Gasteiger charge is 2.26. The zero-order valence-electron chi connectivity index (χ0n) is 78.9. The van der Waals surface area contributed by atoms with E-state index in [-0.39, 0.29) is 0 Å². The lowest BCUT2D eigenvalue weighted by molar-refractivity contribution is 1.18. The molecule has 0 spiro atoms. The third kappa shape index (κ3) is 14.8. The molecule has 0 amide bonds. The molecule has 672 valence electrons. The first-order valence-corrected chi connectivity index (χ1v) is 49.7. The fourth-order valence-corrected chi connectivity index (χ4v) is 22.9. The van der Waals surface area contributed by atoms with Gasteiger partial charge < -0.3 is 18.9 Å². The molecule has 4 nitrogen and oxygen atoms in total. The van der Waals surface area contributed by atoms with Gasteiger partial charge in [0.1, 0.15) is 0 Å². The standard InChI is InChI=1S/2C70H46N2/c1-2-22-55(23-3-1)72-67-31-13-12-25-61(67)66-46-58(42-43-68(66)72)71(56-38-34-49(35-39-56)60-30-15-19-48-17-6-7-24-59(48)60)57-40-36-50(37-41-57)69-62-26-8-10-28-64(62)70(65-29-11-9-27-63(65)69)54-21-14-20-52(45-54)53-33-32-47-16-4-5-18-51(47)44-53;1-2-21-53(22-3-1)72-67-32-15-14-25-60(67)66-46-56(43-44-68(66)72)71(54-39-35-49(36-40-54)58-31-16-20-48-18-6-7-23-57(48)58)55-41-37-50(38-42-55)69-62-27-10-12-29-64(62)70(65-30-13-11-28-63(65)69)61-26-9-8-24-59(61)52-34-33-47-17-4-5-19-51(47)45-52/h2*1-46H. The molecule has 0 saturated heterocycles. The van der Waals surface area contributed by atoms with E-state index in [1.54, 1.807) is 0 Å². The number of nitrogens with zero attached hydrogens (tertiary/aromatic N) is 4. The first-order chi connectivity index (χ1) is 71.4. The van der Waals surface area contributed by atoms with Crippen LogP contribution in [0.4, 0.5) is 34.1 Å². The lowest BCUT2D eigenvalue weighted by Crippen LogP contribution is -2.10. The normalized spacial score (nSPS) is 11.6. The average Bonchev–Trinajstić information content (AvgIpc) is 1.52. The van der Waals surface area contributed by atoms with Crippen molar-refractivity contribution in [1.29, 1.82) is 0 Å². The van der Waals surface area contributed by atoms with Gasteiger partial charge in [-0.05, 0) is 315 Å². The minimum absolute atomic E-state index is 1.08. The predicted octanol–water partition coefficient (Wildman–Crippen LogP) is 39.1.